The summed E-state index contributed by atoms with van der Waals surface area (Å²) >= 11 is 0. The van der Waals surface area contributed by atoms with Gasteiger partial charge in [-0.25, -0.2) is 4.59 Å². The Morgan fingerprint density at radius 2 is 1.92 bits per heavy atom. The fourth-order valence-electron chi connectivity index (χ4n) is 1.04. The molecule has 0 saturated heterocycles. The number of hydrogen-bond acceptors (Lipinski definition) is 3. The van der Waals surface area contributed by atoms with E-state index in [1.54, 1.807) is 26.2 Å². The number of phenolic OH excluding ortho intramolecular Hbond substituents is 1. The highest BCUT2D eigenvalue weighted by Gasteiger charge is 2.18. The summed E-state index contributed by atoms with van der Waals surface area (Å²) < 4.78 is 0.111. The average molecular weight is 168 g/mol. The van der Waals surface area contributed by atoms with E-state index in [1.807, 2.05) is 0 Å². The summed E-state index contributed by atoms with van der Waals surface area (Å²) in [6.45, 7) is 0. The van der Waals surface area contributed by atoms with E-state index in [4.69, 9.17) is 11.6 Å². The highest BCUT2D eigenvalue weighted by Crippen LogP contribution is 2.31. The number of para-hydroxylation sites is 1. The highest BCUT2D eigenvalue weighted by atomic mass is 16.3. The summed E-state index contributed by atoms with van der Waals surface area (Å²) in [7, 11) is 3.57. The van der Waals surface area contributed by atoms with Crippen LogP contribution in [0.25, 0.3) is 0 Å². The number of phenols is 1. The Labute approximate surface area is 71.6 Å². The smallest absolute Gasteiger partial charge is 0.178 e. The topological polar surface area (TPSA) is 72.3 Å². The lowest BCUT2D eigenvalue weighted by Crippen LogP contribution is -2.48. The van der Waals surface area contributed by atoms with Gasteiger partial charge in [-0.3, -0.25) is 0 Å². The molecule has 5 N–H and O–H groups in total. The number of nitrogens with two attached hydrogens (primary N) is 2. The molecule has 1 aromatic rings. The second-order valence-corrected chi connectivity index (χ2v) is 3.25. The number of aromatic hydroxyl groups is 1. The molecular weight excluding hydrogens is 154 g/mol. The van der Waals surface area contributed by atoms with Gasteiger partial charge in [-0.05, 0) is 6.07 Å². The molecule has 0 unspecified atom stereocenters. The van der Waals surface area contributed by atoms with E-state index < -0.39 is 0 Å². The molecule has 0 amide bonds. The minimum absolute atomic E-state index is 0.0733. The van der Waals surface area contributed by atoms with Crippen molar-refractivity contribution < 1.29 is 5.11 Å². The maximum atomic E-state index is 9.27. The van der Waals surface area contributed by atoms with Gasteiger partial charge in [-0.15, -0.1) is 0 Å². The predicted molar refractivity (Wildman–Crippen MR) is 50.3 cm³/mol. The zero-order valence-corrected chi connectivity index (χ0v) is 7.28. The molecule has 0 fully saturated rings. The fraction of sp³-hybridized carbons (Fsp3) is 0.250. The summed E-state index contributed by atoms with van der Waals surface area (Å²) in [5.74, 6) is 5.85. The first-order valence-electron chi connectivity index (χ1n) is 3.63. The summed E-state index contributed by atoms with van der Waals surface area (Å²) in [5, 5.41) is 9.27. The number of benzene rings is 1. The molecule has 0 atom stereocenters. The van der Waals surface area contributed by atoms with Crippen molar-refractivity contribution in [1.82, 2.24) is 4.59 Å². The summed E-state index contributed by atoms with van der Waals surface area (Å²) in [6, 6.07) is 5.04. The third-order valence-corrected chi connectivity index (χ3v) is 1.68. The van der Waals surface area contributed by atoms with Gasteiger partial charge >= 0.3 is 0 Å². The minimum atomic E-state index is 0.0733. The van der Waals surface area contributed by atoms with Crippen LogP contribution in [0.5, 0.6) is 5.75 Å². The van der Waals surface area contributed by atoms with E-state index in [2.05, 4.69) is 0 Å². The maximum Gasteiger partial charge on any atom is 0.178 e. The lowest BCUT2D eigenvalue weighted by Gasteiger charge is -2.23. The van der Waals surface area contributed by atoms with Gasteiger partial charge in [0, 0.05) is 6.07 Å². The second kappa shape index (κ2) is 2.66. The average Bonchev–Trinajstić information content (AvgIpc) is 1.92. The van der Waals surface area contributed by atoms with Gasteiger partial charge in [0.25, 0.3) is 0 Å². The molecule has 0 aliphatic rings. The van der Waals surface area contributed by atoms with E-state index in [0.717, 1.165) is 0 Å². The Balaban J connectivity index is 3.26. The third kappa shape index (κ3) is 1.49. The number of nitrogens with zero attached hydrogens (tertiary/aromatic N) is 1. The molecule has 0 spiro atoms. The van der Waals surface area contributed by atoms with Gasteiger partial charge in [0.05, 0.1) is 14.1 Å². The highest BCUT2D eigenvalue weighted by molar-refractivity contribution is 5.70. The van der Waals surface area contributed by atoms with E-state index >= 15 is 0 Å². The molecule has 0 bridgehead atoms. The number of nitrogen functional groups attached to an aromatic ring is 1. The lowest BCUT2D eigenvalue weighted by molar-refractivity contribution is 0.416. The van der Waals surface area contributed by atoms with Crippen LogP contribution < -0.4 is 16.2 Å². The van der Waals surface area contributed by atoms with Gasteiger partial charge < -0.3 is 10.8 Å². The molecule has 0 aliphatic heterocycles. The van der Waals surface area contributed by atoms with Crippen LogP contribution in [0.3, 0.4) is 0 Å². The maximum absolute atomic E-state index is 9.27. The normalized spacial score (nSPS) is 11.6. The Morgan fingerprint density at radius 1 is 1.33 bits per heavy atom. The first kappa shape index (κ1) is 8.83. The number of quaternary nitrogens is 1. The van der Waals surface area contributed by atoms with Crippen molar-refractivity contribution in [2.45, 2.75) is 0 Å². The molecule has 0 aliphatic carbocycles. The summed E-state index contributed by atoms with van der Waals surface area (Å²) in [4.78, 5) is 0. The molecule has 66 valence electrons. The van der Waals surface area contributed by atoms with Crippen LogP contribution in [0.2, 0.25) is 0 Å². The molecule has 0 radical (unpaired) electrons. The number of anilines is 1. The van der Waals surface area contributed by atoms with Gasteiger partial charge in [0.2, 0.25) is 0 Å². The van der Waals surface area contributed by atoms with Crippen LogP contribution in [0, 0.1) is 0 Å². The van der Waals surface area contributed by atoms with E-state index in [1.165, 1.54) is 6.07 Å². The van der Waals surface area contributed by atoms with Crippen molar-refractivity contribution in [3.8, 4) is 5.75 Å². The second-order valence-electron chi connectivity index (χ2n) is 3.25. The Morgan fingerprint density at radius 3 is 2.33 bits per heavy atom. The largest absolute Gasteiger partial charge is 0.506 e. The van der Waals surface area contributed by atoms with Crippen LogP contribution in [0.1, 0.15) is 0 Å². The monoisotopic (exact) mass is 168 g/mol. The standard InChI is InChI=1S/C8H13N3O/c1-11(2,10)6-4-3-5-7(12)8(6)9/h3-5H,9-10H2,1-2H3/p+1. The SMILES string of the molecule is C[N+](C)(N)c1cccc(O)c1N. The van der Waals surface area contributed by atoms with Crippen molar-refractivity contribution in [2.24, 2.45) is 5.84 Å². The zero-order chi connectivity index (χ0) is 9.35. The number of rotatable bonds is 1. The number of hydrogen-bond donors (Lipinski definition) is 3. The zero-order valence-electron chi connectivity index (χ0n) is 7.28. The Kier molecular flexibility index (Phi) is 1.95. The molecular formula is C8H14N3O+. The minimum Gasteiger partial charge on any atom is -0.506 e. The van der Waals surface area contributed by atoms with Crippen LogP contribution >= 0.6 is 0 Å². The van der Waals surface area contributed by atoms with Crippen molar-refractivity contribution in [2.75, 3.05) is 19.8 Å². The Bertz CT molecular complexity index is 291. The van der Waals surface area contributed by atoms with Crippen molar-refractivity contribution in [1.29, 1.82) is 0 Å². The molecule has 0 heterocycles. The van der Waals surface area contributed by atoms with Gasteiger partial charge in [-0.2, -0.15) is 5.84 Å². The molecule has 4 nitrogen and oxygen atoms in total. The summed E-state index contributed by atoms with van der Waals surface area (Å²) in [6.07, 6.45) is 0. The van der Waals surface area contributed by atoms with E-state index in [0.29, 0.717) is 11.4 Å². The summed E-state index contributed by atoms with van der Waals surface area (Å²) in [5.41, 5.74) is 6.66. The molecule has 12 heavy (non-hydrogen) atoms. The van der Waals surface area contributed by atoms with Gasteiger partial charge in [0.1, 0.15) is 11.4 Å². The first-order chi connectivity index (χ1) is 5.43. The van der Waals surface area contributed by atoms with Crippen LogP contribution in [-0.2, 0) is 0 Å². The van der Waals surface area contributed by atoms with Gasteiger partial charge in [0.15, 0.2) is 5.69 Å². The molecule has 1 aromatic carbocycles. The fourth-order valence-corrected chi connectivity index (χ4v) is 1.04. The first-order valence-corrected chi connectivity index (χ1v) is 3.63. The van der Waals surface area contributed by atoms with Crippen molar-refractivity contribution >= 4 is 11.4 Å². The predicted octanol–water partition coefficient (Wildman–Crippen LogP) is 0.415. The lowest BCUT2D eigenvalue weighted by atomic mass is 10.2. The van der Waals surface area contributed by atoms with Crippen LogP contribution in [0.15, 0.2) is 18.2 Å². The van der Waals surface area contributed by atoms with Crippen molar-refractivity contribution in [3.63, 3.8) is 0 Å². The molecule has 0 saturated carbocycles. The van der Waals surface area contributed by atoms with E-state index in [-0.39, 0.29) is 10.3 Å². The molecule has 0 aromatic heterocycles. The van der Waals surface area contributed by atoms with Crippen LogP contribution in [0.4, 0.5) is 11.4 Å². The third-order valence-electron chi connectivity index (χ3n) is 1.68. The van der Waals surface area contributed by atoms with Gasteiger partial charge in [-0.1, -0.05) is 6.07 Å². The quantitative estimate of drug-likeness (QED) is 0.187. The Hall–Kier alpha value is -1.26. The van der Waals surface area contributed by atoms with E-state index in [9.17, 15) is 5.11 Å². The van der Waals surface area contributed by atoms with Crippen molar-refractivity contribution in [3.05, 3.63) is 18.2 Å². The molecule has 1 rings (SSSR count). The molecule has 4 heteroatoms. The van der Waals surface area contributed by atoms with Crippen LogP contribution in [-0.4, -0.2) is 19.2 Å².